The Labute approximate surface area is 264 Å². The molecule has 0 aliphatic rings. The Morgan fingerprint density at radius 1 is 0.350 bits per heavy atom. The quantitative estimate of drug-likeness (QED) is 0.0396. The van der Waals surface area contributed by atoms with Gasteiger partial charge in [-0.25, -0.2) is 0 Å². The maximum Gasteiger partial charge on any atom is 0.191 e. The van der Waals surface area contributed by atoms with E-state index >= 15 is 0 Å². The third-order valence-electron chi connectivity index (χ3n) is 8.50. The zero-order valence-corrected chi connectivity index (χ0v) is 29.7. The zero-order valence-electron chi connectivity index (χ0n) is 27.7. The van der Waals surface area contributed by atoms with Crippen molar-refractivity contribution in [1.82, 2.24) is 0 Å². The van der Waals surface area contributed by atoms with Crippen molar-refractivity contribution >= 4 is 8.03 Å². The molecule has 2 nitrogen and oxygen atoms in total. The van der Waals surface area contributed by atoms with Crippen LogP contribution in [0.15, 0.2) is 0 Å². The van der Waals surface area contributed by atoms with E-state index in [-0.39, 0.29) is 16.5 Å². The average molecular weight is 630 g/mol. The van der Waals surface area contributed by atoms with Crippen molar-refractivity contribution in [3.63, 3.8) is 0 Å². The summed E-state index contributed by atoms with van der Waals surface area (Å²) in [5.74, 6) is 0. The molecule has 1 atom stereocenters. The third kappa shape index (κ3) is 38.7. The molecule has 0 heterocycles. The van der Waals surface area contributed by atoms with Crippen LogP contribution in [0.1, 0.15) is 219 Å². The Morgan fingerprint density at radius 3 is 0.850 bits per heavy atom. The van der Waals surface area contributed by atoms with Crippen molar-refractivity contribution in [2.75, 3.05) is 12.8 Å². The normalized spacial score (nSPS) is 12.1. The van der Waals surface area contributed by atoms with E-state index in [4.69, 9.17) is 4.52 Å². The minimum Gasteiger partial charge on any atom is -0.330 e. The topological polar surface area (TPSA) is 26.3 Å². The summed E-state index contributed by atoms with van der Waals surface area (Å²) in [5.41, 5.74) is 0. The second-order valence-electron chi connectivity index (χ2n) is 12.6. The van der Waals surface area contributed by atoms with Crippen LogP contribution in [0.3, 0.4) is 0 Å². The molecule has 0 aromatic rings. The van der Waals surface area contributed by atoms with Gasteiger partial charge in [0, 0.05) is 22.7 Å². The molecule has 0 rings (SSSR count). The third-order valence-corrected chi connectivity index (χ3v) is 9.78. The van der Waals surface area contributed by atoms with E-state index in [1.165, 1.54) is 193 Å². The number of unbranched alkanes of at least 4 members (excludes halogenated alkanes) is 30. The van der Waals surface area contributed by atoms with Gasteiger partial charge in [-0.15, -0.1) is 0 Å². The first-order chi connectivity index (χ1) is 19.3. The van der Waals surface area contributed by atoms with E-state index in [0.29, 0.717) is 0 Å². The average Bonchev–Trinajstić information content (AvgIpc) is 2.94. The van der Waals surface area contributed by atoms with Gasteiger partial charge in [-0.1, -0.05) is 206 Å². The van der Waals surface area contributed by atoms with Crippen molar-refractivity contribution in [1.29, 1.82) is 0 Å². The molecular formula is C36H75NiO2P. The van der Waals surface area contributed by atoms with Crippen molar-refractivity contribution in [3.8, 4) is 0 Å². The molecule has 0 saturated carbocycles. The maximum absolute atomic E-state index is 12.1. The summed E-state index contributed by atoms with van der Waals surface area (Å²) in [7, 11) is -1.78. The molecule has 40 heavy (non-hydrogen) atoms. The molecule has 0 spiro atoms. The molecule has 0 aromatic carbocycles. The first-order valence-electron chi connectivity index (χ1n) is 18.5. The summed E-state index contributed by atoms with van der Waals surface area (Å²) >= 11 is 0. The smallest absolute Gasteiger partial charge is 0.191 e. The fraction of sp³-hybridized carbons (Fsp3) is 1.00. The van der Waals surface area contributed by atoms with Crippen molar-refractivity contribution < 1.29 is 25.6 Å². The minimum atomic E-state index is -1.78. The second-order valence-corrected chi connectivity index (χ2v) is 14.1. The van der Waals surface area contributed by atoms with E-state index in [2.05, 4.69) is 13.8 Å². The minimum absolute atomic E-state index is 0. The van der Waals surface area contributed by atoms with Gasteiger partial charge >= 0.3 is 0 Å². The zero-order chi connectivity index (χ0) is 28.3. The van der Waals surface area contributed by atoms with Gasteiger partial charge in [0.2, 0.25) is 0 Å². The van der Waals surface area contributed by atoms with Gasteiger partial charge in [-0.05, 0) is 12.8 Å². The molecule has 0 amide bonds. The summed E-state index contributed by atoms with van der Waals surface area (Å²) in [6.45, 7) is 5.30. The van der Waals surface area contributed by atoms with Crippen molar-refractivity contribution in [3.05, 3.63) is 0 Å². The molecule has 1 unspecified atom stereocenters. The summed E-state index contributed by atoms with van der Waals surface area (Å²) in [6.07, 6.45) is 45.2. The van der Waals surface area contributed by atoms with Gasteiger partial charge < -0.3 is 4.52 Å². The maximum atomic E-state index is 12.1. The van der Waals surface area contributed by atoms with E-state index in [1.807, 2.05) is 0 Å². The van der Waals surface area contributed by atoms with E-state index in [0.717, 1.165) is 25.6 Å². The van der Waals surface area contributed by atoms with Crippen molar-refractivity contribution in [2.45, 2.75) is 219 Å². The Kier molecular flexibility index (Phi) is 42.5. The summed E-state index contributed by atoms with van der Waals surface area (Å²) in [4.78, 5) is 0. The second kappa shape index (κ2) is 39.7. The molecule has 0 aromatic heterocycles. The van der Waals surface area contributed by atoms with Crippen LogP contribution in [0.5, 0.6) is 0 Å². The van der Waals surface area contributed by atoms with Crippen LogP contribution in [0, 0.1) is 0 Å². The molecule has 0 radical (unpaired) electrons. The fourth-order valence-corrected chi connectivity index (χ4v) is 6.78. The summed E-state index contributed by atoms with van der Waals surface area (Å²) in [5, 5.41) is 0. The first kappa shape index (κ1) is 42.8. The predicted molar refractivity (Wildman–Crippen MR) is 179 cm³/mol. The Bertz CT molecular complexity index is 460. The van der Waals surface area contributed by atoms with Gasteiger partial charge in [-0.3, -0.25) is 4.57 Å². The van der Waals surface area contributed by atoms with Crippen LogP contribution >= 0.6 is 8.03 Å². The fourth-order valence-electron chi connectivity index (χ4n) is 5.73. The van der Waals surface area contributed by atoms with Crippen LogP contribution in [-0.2, 0) is 25.6 Å². The Hall–Kier alpha value is 0.684. The molecule has 0 aliphatic carbocycles. The van der Waals surface area contributed by atoms with Gasteiger partial charge in [0.15, 0.2) is 8.03 Å². The predicted octanol–water partition coefficient (Wildman–Crippen LogP) is 14.0. The van der Waals surface area contributed by atoms with Crippen LogP contribution in [0.2, 0.25) is 0 Å². The molecule has 0 N–H and O–H groups in total. The molecular weight excluding hydrogens is 554 g/mol. The van der Waals surface area contributed by atoms with Crippen LogP contribution in [0.25, 0.3) is 0 Å². The number of hydrogen-bond acceptors (Lipinski definition) is 2. The number of hydrogen-bond donors (Lipinski definition) is 0. The van der Waals surface area contributed by atoms with E-state index in [1.54, 1.807) is 0 Å². The standard InChI is InChI=1S/C36H75O2P.Ni/c1-3-5-7-9-11-13-15-17-19-21-23-25-27-29-31-33-35-38-39(37)36-34-32-30-28-26-24-22-20-18-16-14-12-10-8-6-4-2;/h39H,3-36H2,1-2H3;. The molecule has 246 valence electrons. The number of rotatable bonds is 35. The molecule has 0 bridgehead atoms. The van der Waals surface area contributed by atoms with Gasteiger partial charge in [-0.2, -0.15) is 0 Å². The van der Waals surface area contributed by atoms with E-state index in [9.17, 15) is 4.57 Å². The van der Waals surface area contributed by atoms with E-state index < -0.39 is 8.03 Å². The monoisotopic (exact) mass is 628 g/mol. The van der Waals surface area contributed by atoms with Crippen molar-refractivity contribution in [2.24, 2.45) is 0 Å². The molecule has 0 saturated heterocycles. The van der Waals surface area contributed by atoms with Crippen LogP contribution in [-0.4, -0.2) is 12.8 Å². The molecule has 0 aliphatic heterocycles. The van der Waals surface area contributed by atoms with Crippen LogP contribution < -0.4 is 0 Å². The molecule has 0 fully saturated rings. The van der Waals surface area contributed by atoms with Crippen LogP contribution in [0.4, 0.5) is 0 Å². The van der Waals surface area contributed by atoms with Gasteiger partial charge in [0.1, 0.15) is 0 Å². The Morgan fingerprint density at radius 2 is 0.575 bits per heavy atom. The summed E-state index contributed by atoms with van der Waals surface area (Å²) < 4.78 is 17.7. The van der Waals surface area contributed by atoms with Gasteiger partial charge in [0.05, 0.1) is 6.61 Å². The largest absolute Gasteiger partial charge is 0.330 e. The first-order valence-corrected chi connectivity index (χ1v) is 20.0. The SMILES string of the molecule is CCCCCCCCCCCCCCCCCCO[PH](=O)CCCCCCCCCCCCCCCCCC.[Ni]. The summed E-state index contributed by atoms with van der Waals surface area (Å²) in [6, 6.07) is 0. The Balaban J connectivity index is 0. The molecule has 4 heteroatoms. The van der Waals surface area contributed by atoms with Gasteiger partial charge in [0.25, 0.3) is 0 Å².